The minimum Gasteiger partial charge on any atom is -0.756 e. The molecule has 0 amide bonds. The fourth-order valence-corrected chi connectivity index (χ4v) is 1.60. The summed E-state index contributed by atoms with van der Waals surface area (Å²) < 4.78 is 14.4. The van der Waals surface area contributed by atoms with E-state index in [2.05, 4.69) is 11.4 Å². The van der Waals surface area contributed by atoms with E-state index in [0.717, 1.165) is 12.8 Å². The van der Waals surface area contributed by atoms with E-state index in [1.54, 1.807) is 0 Å². The van der Waals surface area contributed by atoms with Crippen molar-refractivity contribution in [3.63, 3.8) is 0 Å². The van der Waals surface area contributed by atoms with Gasteiger partial charge in [-0.2, -0.15) is 0 Å². The Bertz CT molecular complexity index is 171. The van der Waals surface area contributed by atoms with E-state index in [-0.39, 0.29) is 58.0 Å². The Morgan fingerprint density at radius 1 is 1.13 bits per heavy atom. The molecule has 1 N–H and O–H groups in total. The molecule has 0 heterocycles. The van der Waals surface area contributed by atoms with Crippen LogP contribution in [0.3, 0.4) is 0 Å². The summed E-state index contributed by atoms with van der Waals surface area (Å²) in [5.74, 6) is 0. The van der Waals surface area contributed by atoms with E-state index >= 15 is 0 Å². The third kappa shape index (κ3) is 18.3. The van der Waals surface area contributed by atoms with Crippen molar-refractivity contribution in [3.8, 4) is 0 Å². The van der Waals surface area contributed by atoms with Crippen molar-refractivity contribution in [1.82, 2.24) is 0 Å². The van der Waals surface area contributed by atoms with Crippen molar-refractivity contribution >= 4 is 7.82 Å². The molecule has 0 aliphatic heterocycles. The number of phosphoric acid groups is 1. The quantitative estimate of drug-likeness (QED) is 0.336. The fraction of sp³-hybridized carbons (Fsp3) is 1.00. The molecule has 0 fully saturated rings. The first-order valence-electron chi connectivity index (χ1n) is 5.24. The minimum absolute atomic E-state index is 0. The van der Waals surface area contributed by atoms with E-state index in [0.29, 0.717) is 6.42 Å². The molecule has 1 unspecified atom stereocenters. The molecule has 86 valence electrons. The van der Waals surface area contributed by atoms with Gasteiger partial charge in [0.05, 0.1) is 6.61 Å². The number of phosphoric ester groups is 1. The van der Waals surface area contributed by atoms with E-state index in [1.807, 2.05) is 0 Å². The summed E-state index contributed by atoms with van der Waals surface area (Å²) in [6.45, 7) is 2.27. The van der Waals surface area contributed by atoms with Crippen LogP contribution in [0.15, 0.2) is 0 Å². The van der Waals surface area contributed by atoms with Crippen molar-refractivity contribution in [2.75, 3.05) is 6.61 Å². The van der Waals surface area contributed by atoms with Crippen LogP contribution in [0.4, 0.5) is 0 Å². The number of unbranched alkanes of at least 4 members (excludes halogenated alkanes) is 6. The molecule has 0 aromatic heterocycles. The topological polar surface area (TPSA) is 69.6 Å². The van der Waals surface area contributed by atoms with Crippen molar-refractivity contribution < 1.29 is 70.3 Å². The van der Waals surface area contributed by atoms with Crippen LogP contribution in [0.1, 0.15) is 51.9 Å². The van der Waals surface area contributed by atoms with Gasteiger partial charge in [0.2, 0.25) is 0 Å². The molecule has 0 radical (unpaired) electrons. The molecular weight excluding hydrogens is 242 g/mol. The average Bonchev–Trinajstić information content (AvgIpc) is 2.08. The first-order valence-corrected chi connectivity index (χ1v) is 6.74. The Kier molecular flexibility index (Phi) is 15.5. The zero-order valence-electron chi connectivity index (χ0n) is 9.78. The van der Waals surface area contributed by atoms with Gasteiger partial charge in [-0.3, -0.25) is 4.57 Å². The monoisotopic (exact) mass is 262 g/mol. The second-order valence-electron chi connectivity index (χ2n) is 3.42. The summed E-state index contributed by atoms with van der Waals surface area (Å²) in [6.07, 6.45) is 7.70. The third-order valence-electron chi connectivity index (χ3n) is 2.00. The maximum Gasteiger partial charge on any atom is 1.00 e. The molecule has 0 aliphatic rings. The molecule has 0 aromatic carbocycles. The van der Waals surface area contributed by atoms with Crippen LogP contribution in [0, 0.1) is 0 Å². The van der Waals surface area contributed by atoms with Crippen molar-refractivity contribution in [2.24, 2.45) is 0 Å². The van der Waals surface area contributed by atoms with Gasteiger partial charge in [0.1, 0.15) is 0 Å². The summed E-state index contributed by atoms with van der Waals surface area (Å²) in [5, 5.41) is 0. The Morgan fingerprint density at radius 2 is 1.60 bits per heavy atom. The Morgan fingerprint density at radius 3 is 2.07 bits per heavy atom. The Labute approximate surface area is 135 Å². The predicted molar refractivity (Wildman–Crippen MR) is 53.8 cm³/mol. The second kappa shape index (κ2) is 12.2. The molecule has 1 atom stereocenters. The van der Waals surface area contributed by atoms with E-state index in [9.17, 15) is 9.46 Å². The summed E-state index contributed by atoms with van der Waals surface area (Å²) in [6, 6.07) is 0. The van der Waals surface area contributed by atoms with Gasteiger partial charge in [0.15, 0.2) is 0 Å². The molecule has 0 aliphatic carbocycles. The number of rotatable bonds is 9. The van der Waals surface area contributed by atoms with Crippen LogP contribution < -0.4 is 56.3 Å². The maximum absolute atomic E-state index is 10.2. The summed E-state index contributed by atoms with van der Waals surface area (Å²) in [5.41, 5.74) is 0. The zero-order valence-corrected chi connectivity index (χ0v) is 13.8. The largest absolute Gasteiger partial charge is 1.00 e. The van der Waals surface area contributed by atoms with Crippen LogP contribution in [-0.2, 0) is 9.09 Å². The predicted octanol–water partition coefficient (Wildman–Crippen LogP) is -0.782. The van der Waals surface area contributed by atoms with Crippen molar-refractivity contribution in [2.45, 2.75) is 51.9 Å². The van der Waals surface area contributed by atoms with Crippen LogP contribution in [0.5, 0.6) is 0 Å². The van der Waals surface area contributed by atoms with E-state index in [4.69, 9.17) is 4.89 Å². The molecule has 0 saturated carbocycles. The molecule has 0 aromatic rings. The molecule has 6 heteroatoms. The van der Waals surface area contributed by atoms with Crippen LogP contribution in [0.25, 0.3) is 0 Å². The molecular formula is C9H20KO4P. The summed E-state index contributed by atoms with van der Waals surface area (Å²) in [7, 11) is -4.48. The van der Waals surface area contributed by atoms with Crippen molar-refractivity contribution in [1.29, 1.82) is 0 Å². The SMILES string of the molecule is CCCCCCCCCOP(=O)([O-])O.[K+]. The molecule has 0 saturated heterocycles. The third-order valence-corrected chi connectivity index (χ3v) is 2.51. The smallest absolute Gasteiger partial charge is 0.756 e. The van der Waals surface area contributed by atoms with Crippen LogP contribution in [-0.4, -0.2) is 11.5 Å². The Balaban J connectivity index is 0. The fourth-order valence-electron chi connectivity index (χ4n) is 1.24. The Hall–Kier alpha value is 1.75. The first-order chi connectivity index (χ1) is 6.56. The van der Waals surface area contributed by atoms with Crippen LogP contribution >= 0.6 is 7.82 Å². The normalized spacial score (nSPS) is 14.3. The maximum atomic E-state index is 10.2. The van der Waals surface area contributed by atoms with E-state index < -0.39 is 7.82 Å². The standard InChI is InChI=1S/C9H21O4P.K/c1-2-3-4-5-6-7-8-9-13-14(10,11)12;/h2-9H2,1H3,(H2,10,11,12);/q;+1/p-1. The van der Waals surface area contributed by atoms with Crippen molar-refractivity contribution in [3.05, 3.63) is 0 Å². The van der Waals surface area contributed by atoms with Gasteiger partial charge >= 0.3 is 51.4 Å². The van der Waals surface area contributed by atoms with Crippen LogP contribution in [0.2, 0.25) is 0 Å². The van der Waals surface area contributed by atoms with Gasteiger partial charge in [0.25, 0.3) is 7.82 Å². The zero-order chi connectivity index (χ0) is 10.9. The van der Waals surface area contributed by atoms with E-state index in [1.165, 1.54) is 25.7 Å². The average molecular weight is 262 g/mol. The van der Waals surface area contributed by atoms with Gasteiger partial charge < -0.3 is 14.3 Å². The number of hydrogen-bond donors (Lipinski definition) is 1. The van der Waals surface area contributed by atoms with Gasteiger partial charge in [0, 0.05) is 0 Å². The molecule has 0 rings (SSSR count). The number of hydrogen-bond acceptors (Lipinski definition) is 3. The molecule has 4 nitrogen and oxygen atoms in total. The molecule has 0 spiro atoms. The van der Waals surface area contributed by atoms with Gasteiger partial charge in [-0.05, 0) is 6.42 Å². The summed E-state index contributed by atoms with van der Waals surface area (Å²) >= 11 is 0. The summed E-state index contributed by atoms with van der Waals surface area (Å²) in [4.78, 5) is 18.4. The van der Waals surface area contributed by atoms with Gasteiger partial charge in [-0.25, -0.2) is 0 Å². The van der Waals surface area contributed by atoms with Gasteiger partial charge in [-0.1, -0.05) is 45.4 Å². The van der Waals surface area contributed by atoms with Gasteiger partial charge in [-0.15, -0.1) is 0 Å². The minimum atomic E-state index is -4.48. The molecule has 0 bridgehead atoms. The second-order valence-corrected chi connectivity index (χ2v) is 4.62. The first kappa shape index (κ1) is 19.1. The molecule has 15 heavy (non-hydrogen) atoms.